The topological polar surface area (TPSA) is 129 Å². The average Bonchev–Trinajstić information content (AvgIpc) is 2.94. The first-order valence-electron chi connectivity index (χ1n) is 16.9. The Hall–Kier alpha value is -1.98. The van der Waals surface area contributed by atoms with Gasteiger partial charge in [-0.05, 0) is 68.9 Å². The maximum Gasteiger partial charge on any atom is 0.228 e. The van der Waals surface area contributed by atoms with E-state index in [1.807, 2.05) is 4.90 Å². The van der Waals surface area contributed by atoms with Gasteiger partial charge >= 0.3 is 0 Å². The Balaban J connectivity index is 1.32. The highest BCUT2D eigenvalue weighted by Gasteiger charge is 2.51. The van der Waals surface area contributed by atoms with Gasteiger partial charge in [0.25, 0.3) is 0 Å². The molecule has 12 heteroatoms. The molecule has 0 spiro atoms. The smallest absolute Gasteiger partial charge is 0.228 e. The number of nitrogens with zero attached hydrogens (tertiary/aromatic N) is 3. The Morgan fingerprint density at radius 2 is 1.86 bits per heavy atom. The monoisotopic (exact) mass is 623 g/mol. The van der Waals surface area contributed by atoms with Crippen LogP contribution in [0.1, 0.15) is 71.6 Å². The number of nitrogens with two attached hydrogens (primary N) is 2. The predicted molar refractivity (Wildman–Crippen MR) is 164 cm³/mol. The molecule has 0 bridgehead atoms. The molecule has 7 atom stereocenters. The zero-order valence-corrected chi connectivity index (χ0v) is 26.3. The molecule has 248 valence electrons. The molecule has 5 aliphatic rings. The predicted octanol–water partition coefficient (Wildman–Crippen LogP) is 2.44. The van der Waals surface area contributed by atoms with Gasteiger partial charge in [0.2, 0.25) is 11.8 Å². The molecular formula is C32H52F3N7O2. The lowest BCUT2D eigenvalue weighted by molar-refractivity contribution is -0.144. The molecule has 1 aliphatic carbocycles. The first-order valence-corrected chi connectivity index (χ1v) is 16.9. The largest absolute Gasteiger partial charge is 0.350 e. The van der Waals surface area contributed by atoms with Crippen LogP contribution in [0, 0.1) is 29.1 Å². The van der Waals surface area contributed by atoms with E-state index in [0.29, 0.717) is 44.8 Å². The number of amides is 2. The van der Waals surface area contributed by atoms with Crippen molar-refractivity contribution >= 4 is 17.7 Å². The van der Waals surface area contributed by atoms with Crippen molar-refractivity contribution in [3.63, 3.8) is 0 Å². The van der Waals surface area contributed by atoms with Crippen LogP contribution < -0.4 is 22.1 Å². The number of alkyl halides is 2. The van der Waals surface area contributed by atoms with Crippen molar-refractivity contribution in [2.45, 2.75) is 108 Å². The molecule has 0 aromatic heterocycles. The molecule has 3 saturated heterocycles. The molecule has 2 amide bonds. The third kappa shape index (κ3) is 6.75. The molecule has 4 aliphatic heterocycles. The van der Waals surface area contributed by atoms with E-state index in [9.17, 15) is 18.4 Å². The molecule has 1 saturated carbocycles. The van der Waals surface area contributed by atoms with E-state index in [0.717, 1.165) is 32.1 Å². The van der Waals surface area contributed by atoms with E-state index in [1.165, 1.54) is 0 Å². The van der Waals surface area contributed by atoms with Gasteiger partial charge in [0.05, 0.1) is 43.3 Å². The fraction of sp³-hybridized carbons (Fsp3) is 0.875. The number of hydrogen-bond donors (Lipinski definition) is 4. The molecule has 4 heterocycles. The second-order valence-corrected chi connectivity index (χ2v) is 14.1. The lowest BCUT2D eigenvalue weighted by atomic mass is 9.53. The number of rotatable bonds is 9. The van der Waals surface area contributed by atoms with Gasteiger partial charge < -0.3 is 27.0 Å². The zero-order chi connectivity index (χ0) is 31.6. The number of carbonyl (C=O) groups excluding carboxylic acids is 2. The van der Waals surface area contributed by atoms with Crippen LogP contribution in [0.25, 0.3) is 0 Å². The second kappa shape index (κ2) is 14.2. The summed E-state index contributed by atoms with van der Waals surface area (Å²) in [6, 6.07) is -1.82. The van der Waals surface area contributed by atoms with Crippen LogP contribution in [0.15, 0.2) is 10.8 Å². The second-order valence-electron chi connectivity index (χ2n) is 14.1. The summed E-state index contributed by atoms with van der Waals surface area (Å²) in [5, 5.41) is 6.18. The molecular weight excluding hydrogens is 571 g/mol. The van der Waals surface area contributed by atoms with Crippen molar-refractivity contribution in [3.05, 3.63) is 5.83 Å². The maximum absolute atomic E-state index is 15.6. The highest BCUT2D eigenvalue weighted by atomic mass is 19.1. The van der Waals surface area contributed by atoms with E-state index in [-0.39, 0.29) is 49.2 Å². The number of aliphatic imine (C=N–C) groups is 1. The van der Waals surface area contributed by atoms with Gasteiger partial charge in [-0.2, -0.15) is 0 Å². The van der Waals surface area contributed by atoms with E-state index >= 15 is 4.39 Å². The molecule has 44 heavy (non-hydrogen) atoms. The number of likely N-dealkylation sites (tertiary alicyclic amines) is 2. The van der Waals surface area contributed by atoms with Crippen LogP contribution in [0.2, 0.25) is 0 Å². The molecule has 7 unspecified atom stereocenters. The standard InChI is InChI=1S/C32H52F3N7O2/c1-3-10-32(21-5-4-6-21)11-7-22(33)14-39-27(19(32)2)26(29(36)37)30(43)40-25-16-38-15-24(35)28(25)41-12-8-20(9-13-41)31(44)42-17-23(34)18-42/h19-21,23-29,38H,3-13,15-18,36-37H2,1-2H3,(H,40,43). The number of halogens is 3. The van der Waals surface area contributed by atoms with Crippen molar-refractivity contribution in [1.82, 2.24) is 20.4 Å². The van der Waals surface area contributed by atoms with Gasteiger partial charge in [-0.15, -0.1) is 0 Å². The lowest BCUT2D eigenvalue weighted by Crippen LogP contribution is -2.67. The van der Waals surface area contributed by atoms with Gasteiger partial charge in [0.15, 0.2) is 5.83 Å². The van der Waals surface area contributed by atoms with E-state index < -0.39 is 54.3 Å². The van der Waals surface area contributed by atoms with Crippen molar-refractivity contribution in [2.75, 3.05) is 39.3 Å². The van der Waals surface area contributed by atoms with Crippen LogP contribution in [0.5, 0.6) is 0 Å². The molecule has 5 rings (SSSR count). The fourth-order valence-electron chi connectivity index (χ4n) is 8.83. The molecule has 0 aromatic carbocycles. The van der Waals surface area contributed by atoms with Crippen molar-refractivity contribution in [2.24, 2.45) is 45.5 Å². The summed E-state index contributed by atoms with van der Waals surface area (Å²) in [6.07, 6.45) is 4.03. The van der Waals surface area contributed by atoms with Crippen LogP contribution in [0.3, 0.4) is 0 Å². The Labute approximate surface area is 259 Å². The third-order valence-corrected chi connectivity index (χ3v) is 11.5. The van der Waals surface area contributed by atoms with E-state index in [2.05, 4.69) is 35.3 Å². The first-order chi connectivity index (χ1) is 21.1. The average molecular weight is 624 g/mol. The number of piperidine rings is 2. The van der Waals surface area contributed by atoms with Gasteiger partial charge in [-0.25, -0.2) is 18.2 Å². The summed E-state index contributed by atoms with van der Waals surface area (Å²) in [7, 11) is 0. The minimum Gasteiger partial charge on any atom is -0.350 e. The number of carbonyl (C=O) groups is 2. The summed E-state index contributed by atoms with van der Waals surface area (Å²) in [6.45, 7) is 6.12. The summed E-state index contributed by atoms with van der Waals surface area (Å²) < 4.78 is 43.7. The van der Waals surface area contributed by atoms with Gasteiger partial charge in [0.1, 0.15) is 12.3 Å². The maximum atomic E-state index is 15.6. The highest BCUT2D eigenvalue weighted by molar-refractivity contribution is 5.81. The minimum absolute atomic E-state index is 0.0225. The summed E-state index contributed by atoms with van der Waals surface area (Å²) in [5.74, 6) is 0.939. The normalized spacial score (nSPS) is 35.3. The summed E-state index contributed by atoms with van der Waals surface area (Å²) in [4.78, 5) is 35.0. The Bertz CT molecular complexity index is 1090. The van der Waals surface area contributed by atoms with E-state index in [4.69, 9.17) is 11.5 Å². The first kappa shape index (κ1) is 33.4. The van der Waals surface area contributed by atoms with Crippen LogP contribution in [-0.4, -0.2) is 103 Å². The third-order valence-electron chi connectivity index (χ3n) is 11.5. The van der Waals surface area contributed by atoms with Gasteiger partial charge in [-0.3, -0.25) is 14.5 Å². The van der Waals surface area contributed by atoms with Crippen LogP contribution >= 0.6 is 0 Å². The number of hydrogen-bond acceptors (Lipinski definition) is 7. The summed E-state index contributed by atoms with van der Waals surface area (Å²) in [5.41, 5.74) is 12.4. The Morgan fingerprint density at radius 3 is 2.45 bits per heavy atom. The van der Waals surface area contributed by atoms with Crippen molar-refractivity contribution < 1.29 is 22.8 Å². The molecule has 6 N–H and O–H groups in total. The Kier molecular flexibility index (Phi) is 10.8. The highest BCUT2D eigenvalue weighted by Crippen LogP contribution is 2.55. The number of nitrogens with one attached hydrogen (secondary N) is 2. The molecule has 9 nitrogen and oxygen atoms in total. The van der Waals surface area contributed by atoms with Gasteiger partial charge in [0, 0.05) is 31.3 Å². The lowest BCUT2D eigenvalue weighted by Gasteiger charge is -2.52. The van der Waals surface area contributed by atoms with Gasteiger partial charge in [-0.1, -0.05) is 26.7 Å². The SMILES string of the molecule is CCCC1(C2CCC2)CCC(F)=C=NC(C(C(=O)NC2CNCC(F)C2N2CCC(C(=O)N3CC(F)C3)CC2)C(N)N)C1C. The minimum atomic E-state index is -1.24. The molecule has 0 aromatic rings. The van der Waals surface area contributed by atoms with Crippen molar-refractivity contribution in [3.8, 4) is 0 Å². The number of allylic oxidation sites excluding steroid dienone is 1. The van der Waals surface area contributed by atoms with E-state index in [1.54, 1.807) is 4.90 Å². The zero-order valence-electron chi connectivity index (χ0n) is 26.3. The quantitative estimate of drug-likeness (QED) is 0.292. The van der Waals surface area contributed by atoms with Crippen LogP contribution in [0.4, 0.5) is 13.2 Å². The molecule has 4 fully saturated rings. The van der Waals surface area contributed by atoms with Crippen molar-refractivity contribution in [1.29, 1.82) is 0 Å². The van der Waals surface area contributed by atoms with Crippen LogP contribution in [-0.2, 0) is 9.59 Å². The fourth-order valence-corrected chi connectivity index (χ4v) is 8.83. The molecule has 0 radical (unpaired) electrons. The summed E-state index contributed by atoms with van der Waals surface area (Å²) >= 11 is 0. The Morgan fingerprint density at radius 1 is 1.16 bits per heavy atom.